The number of pyridine rings is 1. The Labute approximate surface area is 239 Å². The Hall–Kier alpha value is -2.63. The number of benzene rings is 1. The number of thiazole rings is 1. The van der Waals surface area contributed by atoms with E-state index in [1.165, 1.54) is 22.4 Å². The van der Waals surface area contributed by atoms with Crippen LogP contribution in [0, 0.1) is 0 Å². The minimum atomic E-state index is -3.82. The molecule has 3 fully saturated rings. The van der Waals surface area contributed by atoms with Crippen molar-refractivity contribution in [3.63, 3.8) is 0 Å². The Bertz CT molecular complexity index is 1580. The van der Waals surface area contributed by atoms with Gasteiger partial charge in [-0.2, -0.15) is 0 Å². The Morgan fingerprint density at radius 2 is 1.82 bits per heavy atom. The smallest absolute Gasteiger partial charge is 0.269 e. The molecule has 0 radical (unpaired) electrons. The molecule has 1 atom stereocenters. The molecule has 1 saturated carbocycles. The summed E-state index contributed by atoms with van der Waals surface area (Å²) >= 11 is 1.64. The van der Waals surface area contributed by atoms with Gasteiger partial charge in [-0.25, -0.2) is 22.4 Å². The number of aromatic nitrogens is 3. The molecule has 10 heteroatoms. The summed E-state index contributed by atoms with van der Waals surface area (Å²) in [5, 5.41) is 7.50. The molecule has 0 spiro atoms. The normalized spacial score (nSPS) is 24.6. The molecule has 1 aromatic carbocycles. The van der Waals surface area contributed by atoms with Gasteiger partial charge >= 0.3 is 0 Å². The zero-order valence-corrected chi connectivity index (χ0v) is 24.2. The molecule has 0 amide bonds. The van der Waals surface area contributed by atoms with Gasteiger partial charge < -0.3 is 10.1 Å². The van der Waals surface area contributed by atoms with Crippen LogP contribution in [0.4, 0.5) is 0 Å². The Morgan fingerprint density at radius 3 is 2.58 bits per heavy atom. The molecule has 5 heterocycles. The van der Waals surface area contributed by atoms with Crippen molar-refractivity contribution in [2.45, 2.75) is 61.4 Å². The number of nitrogens with one attached hydrogen (secondary N) is 1. The Balaban J connectivity index is 1.25. The summed E-state index contributed by atoms with van der Waals surface area (Å²) in [5.41, 5.74) is 3.29. The molecule has 1 N–H and O–H groups in total. The predicted octanol–water partition coefficient (Wildman–Crippen LogP) is 5.18. The zero-order chi connectivity index (χ0) is 27.1. The van der Waals surface area contributed by atoms with E-state index >= 15 is 0 Å². The Morgan fingerprint density at radius 1 is 1.02 bits per heavy atom. The third-order valence-corrected chi connectivity index (χ3v) is 11.4. The van der Waals surface area contributed by atoms with E-state index in [-0.39, 0.29) is 10.9 Å². The number of nitrogens with zero attached hydrogens (tertiary/aromatic N) is 4. The molecule has 4 aromatic rings. The van der Waals surface area contributed by atoms with Gasteiger partial charge in [-0.05, 0) is 74.8 Å². The highest BCUT2D eigenvalue weighted by molar-refractivity contribution is 7.90. The molecule has 2 aliphatic heterocycles. The lowest BCUT2D eigenvalue weighted by Gasteiger charge is -2.38. The van der Waals surface area contributed by atoms with Crippen LogP contribution in [0.1, 0.15) is 61.1 Å². The number of fused-ring (bicyclic) bond motifs is 1. The maximum atomic E-state index is 13.8. The summed E-state index contributed by atoms with van der Waals surface area (Å²) in [5.74, 6) is 0.421. The minimum Gasteiger partial charge on any atom is -0.379 e. The van der Waals surface area contributed by atoms with Crippen molar-refractivity contribution in [1.29, 1.82) is 0 Å². The summed E-state index contributed by atoms with van der Waals surface area (Å²) in [4.78, 5) is 12.6. The van der Waals surface area contributed by atoms with E-state index in [1.54, 1.807) is 41.8 Å². The third kappa shape index (κ3) is 4.90. The van der Waals surface area contributed by atoms with Crippen molar-refractivity contribution in [2.75, 3.05) is 32.8 Å². The topological polar surface area (TPSA) is 89.4 Å². The fraction of sp³-hybridized carbons (Fsp3) is 0.467. The standard InChI is InChI=1S/C30H35N5O3S2/c36-40(37,24-5-2-1-3-6-24)35-19-26(28-20-39-30(33-28)27-7-4-12-31-27)25-17-22(18-32-29(25)35)21-8-10-23(11-9-21)34-13-15-38-16-14-34/h1-3,5-6,17-21,23,27,31H,4,7-16H2. The summed E-state index contributed by atoms with van der Waals surface area (Å²) < 4.78 is 34.4. The van der Waals surface area contributed by atoms with Crippen LogP contribution in [0.25, 0.3) is 22.3 Å². The maximum Gasteiger partial charge on any atom is 0.269 e. The lowest BCUT2D eigenvalue weighted by molar-refractivity contribution is 0.00729. The van der Waals surface area contributed by atoms with E-state index in [0.717, 1.165) is 80.2 Å². The Kier molecular flexibility index (Phi) is 7.21. The highest BCUT2D eigenvalue weighted by Gasteiger charge is 2.30. The molecular formula is C30H35N5O3S2. The van der Waals surface area contributed by atoms with Crippen molar-refractivity contribution in [3.05, 3.63) is 64.7 Å². The van der Waals surface area contributed by atoms with Crippen LogP contribution in [0.3, 0.4) is 0 Å². The van der Waals surface area contributed by atoms with Gasteiger partial charge in [-0.3, -0.25) is 4.90 Å². The summed E-state index contributed by atoms with van der Waals surface area (Å²) in [6.45, 7) is 4.74. The number of hydrogen-bond donors (Lipinski definition) is 1. The van der Waals surface area contributed by atoms with Crippen LogP contribution < -0.4 is 5.32 Å². The molecule has 3 aromatic heterocycles. The van der Waals surface area contributed by atoms with Crippen molar-refractivity contribution in [2.24, 2.45) is 0 Å². The fourth-order valence-electron chi connectivity index (χ4n) is 6.60. The predicted molar refractivity (Wildman–Crippen MR) is 157 cm³/mol. The highest BCUT2D eigenvalue weighted by atomic mass is 32.2. The van der Waals surface area contributed by atoms with Crippen LogP contribution in [0.5, 0.6) is 0 Å². The van der Waals surface area contributed by atoms with Gasteiger partial charge in [-0.15, -0.1) is 11.3 Å². The first kappa shape index (κ1) is 26.3. The average molecular weight is 578 g/mol. The van der Waals surface area contributed by atoms with E-state index in [1.807, 2.05) is 12.3 Å². The SMILES string of the molecule is O=S(=O)(c1ccccc1)n1cc(-c2csc(C3CCCN3)n2)c2cc(C3CCC(N4CCOCC4)CC3)cnc21. The van der Waals surface area contributed by atoms with E-state index in [9.17, 15) is 8.42 Å². The lowest BCUT2D eigenvalue weighted by Crippen LogP contribution is -2.44. The van der Waals surface area contributed by atoms with Crippen molar-refractivity contribution < 1.29 is 13.2 Å². The molecule has 7 rings (SSSR count). The molecule has 1 aliphatic carbocycles. The molecule has 210 valence electrons. The molecule has 2 saturated heterocycles. The van der Waals surface area contributed by atoms with E-state index in [0.29, 0.717) is 17.6 Å². The summed E-state index contributed by atoms with van der Waals surface area (Å²) in [7, 11) is -3.82. The van der Waals surface area contributed by atoms with Gasteiger partial charge in [0.25, 0.3) is 10.0 Å². The van der Waals surface area contributed by atoms with Crippen molar-refractivity contribution in [3.8, 4) is 11.3 Å². The second-order valence-electron chi connectivity index (χ2n) is 11.2. The first-order valence-electron chi connectivity index (χ1n) is 14.4. The molecule has 8 nitrogen and oxygen atoms in total. The fourth-order valence-corrected chi connectivity index (χ4v) is 8.87. The number of hydrogen-bond acceptors (Lipinski definition) is 8. The third-order valence-electron chi connectivity index (χ3n) is 8.82. The first-order chi connectivity index (χ1) is 19.6. The number of morpholine rings is 1. The summed E-state index contributed by atoms with van der Waals surface area (Å²) in [6, 6.07) is 11.7. The maximum absolute atomic E-state index is 13.8. The second kappa shape index (κ2) is 11.0. The zero-order valence-electron chi connectivity index (χ0n) is 22.5. The van der Waals surface area contributed by atoms with Gasteiger partial charge in [-0.1, -0.05) is 18.2 Å². The molecule has 0 bridgehead atoms. The van der Waals surface area contributed by atoms with E-state index in [4.69, 9.17) is 14.7 Å². The van der Waals surface area contributed by atoms with Crippen LogP contribution in [0.15, 0.2) is 59.1 Å². The van der Waals surface area contributed by atoms with Crippen LogP contribution >= 0.6 is 11.3 Å². The summed E-state index contributed by atoms with van der Waals surface area (Å²) in [6.07, 6.45) is 10.4. The van der Waals surface area contributed by atoms with Gasteiger partial charge in [0.1, 0.15) is 5.01 Å². The molecular weight excluding hydrogens is 542 g/mol. The van der Waals surface area contributed by atoms with Gasteiger partial charge in [0.05, 0.1) is 29.8 Å². The lowest BCUT2D eigenvalue weighted by atomic mass is 9.81. The molecule has 40 heavy (non-hydrogen) atoms. The minimum absolute atomic E-state index is 0.250. The van der Waals surface area contributed by atoms with Gasteiger partial charge in [0.2, 0.25) is 0 Å². The quantitative estimate of drug-likeness (QED) is 0.338. The average Bonchev–Trinajstić information content (AvgIpc) is 3.78. The van der Waals surface area contributed by atoms with Gasteiger partial charge in [0.15, 0.2) is 5.65 Å². The second-order valence-corrected chi connectivity index (χ2v) is 13.9. The monoisotopic (exact) mass is 577 g/mol. The van der Waals surface area contributed by atoms with E-state index in [2.05, 4.69) is 21.7 Å². The highest BCUT2D eigenvalue weighted by Crippen LogP contribution is 2.39. The van der Waals surface area contributed by atoms with Crippen LogP contribution in [-0.4, -0.2) is 66.1 Å². The van der Waals surface area contributed by atoms with Gasteiger partial charge in [0, 0.05) is 47.9 Å². The van der Waals surface area contributed by atoms with E-state index < -0.39 is 10.0 Å². The first-order valence-corrected chi connectivity index (χ1v) is 16.7. The molecule has 3 aliphatic rings. The van der Waals surface area contributed by atoms with Crippen LogP contribution in [-0.2, 0) is 14.8 Å². The van der Waals surface area contributed by atoms with Crippen molar-refractivity contribution in [1.82, 2.24) is 24.2 Å². The van der Waals surface area contributed by atoms with Crippen LogP contribution in [0.2, 0.25) is 0 Å². The number of ether oxygens (including phenoxy) is 1. The molecule has 1 unspecified atom stereocenters. The van der Waals surface area contributed by atoms with Crippen molar-refractivity contribution >= 4 is 32.4 Å². The number of rotatable bonds is 6. The largest absolute Gasteiger partial charge is 0.379 e.